The number of hydrogen-bond acceptors (Lipinski definition) is 6. The number of carboxylic acid groups (broad SMARTS) is 2. The summed E-state index contributed by atoms with van der Waals surface area (Å²) < 4.78 is 0. The number of carboxylic acids is 2. The minimum absolute atomic E-state index is 0.0249. The van der Waals surface area contributed by atoms with Gasteiger partial charge in [-0.15, -0.1) is 0 Å². The van der Waals surface area contributed by atoms with E-state index in [-0.39, 0.29) is 29.8 Å². The summed E-state index contributed by atoms with van der Waals surface area (Å²) in [4.78, 5) is 49.2. The van der Waals surface area contributed by atoms with Crippen molar-refractivity contribution in [2.24, 2.45) is 0 Å². The van der Waals surface area contributed by atoms with Crippen molar-refractivity contribution in [2.45, 2.75) is 117 Å². The van der Waals surface area contributed by atoms with E-state index in [2.05, 4.69) is 13.8 Å². The predicted octanol–water partition coefficient (Wildman–Crippen LogP) is 5.06. The average Bonchev–Trinajstić information content (AvgIpc) is 2.81. The third kappa shape index (κ3) is 10.2. The highest BCUT2D eigenvalue weighted by molar-refractivity contribution is 6.16. The summed E-state index contributed by atoms with van der Waals surface area (Å²) in [5.74, 6) is -4.37. The molecule has 6 heteroatoms. The van der Waals surface area contributed by atoms with Crippen LogP contribution in [0.2, 0.25) is 0 Å². The second kappa shape index (κ2) is 17.0. The molecule has 0 bridgehead atoms. The molecule has 0 aliphatic heterocycles. The first-order chi connectivity index (χ1) is 16.3. The number of rotatable bonds is 20. The highest BCUT2D eigenvalue weighted by Crippen LogP contribution is 2.24. The molecule has 0 saturated carbocycles. The van der Waals surface area contributed by atoms with Gasteiger partial charge in [-0.2, -0.15) is 0 Å². The smallest absolute Gasteiger partial charge is 0.164 e. The monoisotopic (exact) mass is 472 g/mol. The van der Waals surface area contributed by atoms with Gasteiger partial charge in [0.15, 0.2) is 11.6 Å². The van der Waals surface area contributed by atoms with E-state index in [0.29, 0.717) is 12.8 Å². The van der Waals surface area contributed by atoms with Crippen LogP contribution in [-0.4, -0.2) is 23.5 Å². The summed E-state index contributed by atoms with van der Waals surface area (Å²) in [6.45, 7) is 4.29. The SMILES string of the molecule is CCCCCCCCCC(=O)c1ccc(C(=O)[O-])c(C(=O)[O-])c1C(=O)CCCCCCCCC. The van der Waals surface area contributed by atoms with Crippen LogP contribution in [0, 0.1) is 0 Å². The Hall–Kier alpha value is -2.50. The molecule has 0 spiro atoms. The molecule has 0 fully saturated rings. The van der Waals surface area contributed by atoms with Gasteiger partial charge in [0.1, 0.15) is 0 Å². The molecule has 0 atom stereocenters. The number of unbranched alkanes of at least 4 members (excludes halogenated alkanes) is 12. The summed E-state index contributed by atoms with van der Waals surface area (Å²) in [5.41, 5.74) is -1.72. The Labute approximate surface area is 204 Å². The van der Waals surface area contributed by atoms with Crippen LogP contribution in [-0.2, 0) is 0 Å². The number of carbonyl (C=O) groups excluding carboxylic acids is 4. The van der Waals surface area contributed by atoms with Gasteiger partial charge < -0.3 is 19.8 Å². The van der Waals surface area contributed by atoms with Crippen molar-refractivity contribution in [1.29, 1.82) is 0 Å². The van der Waals surface area contributed by atoms with Crippen molar-refractivity contribution in [1.82, 2.24) is 0 Å². The van der Waals surface area contributed by atoms with E-state index < -0.39 is 28.8 Å². The van der Waals surface area contributed by atoms with Gasteiger partial charge in [-0.05, 0) is 18.9 Å². The van der Waals surface area contributed by atoms with Crippen molar-refractivity contribution in [3.63, 3.8) is 0 Å². The minimum atomic E-state index is -1.78. The maximum Gasteiger partial charge on any atom is 0.164 e. The number of ketones is 2. The Morgan fingerprint density at radius 3 is 1.38 bits per heavy atom. The van der Waals surface area contributed by atoms with Crippen LogP contribution in [0.3, 0.4) is 0 Å². The molecular weight excluding hydrogens is 432 g/mol. The van der Waals surface area contributed by atoms with Crippen molar-refractivity contribution in [2.75, 3.05) is 0 Å². The standard InChI is InChI=1S/C28H42O6/c1-3-5-7-9-11-13-15-17-23(29)21-19-20-22(27(31)32)26(28(33)34)25(21)24(30)18-16-14-12-10-8-6-4-2/h19-20H,3-18H2,1-2H3,(H,31,32)(H,33,34)/p-2. The number of Topliss-reactive ketones (excluding diaryl/α,β-unsaturated/α-hetero) is 2. The molecule has 0 heterocycles. The second-order valence-electron chi connectivity index (χ2n) is 9.07. The van der Waals surface area contributed by atoms with E-state index >= 15 is 0 Å². The fourth-order valence-electron chi connectivity index (χ4n) is 4.25. The fraction of sp³-hybridized carbons (Fsp3) is 0.643. The summed E-state index contributed by atoms with van der Waals surface area (Å²) in [6.07, 6.45) is 14.3. The van der Waals surface area contributed by atoms with E-state index in [9.17, 15) is 29.4 Å². The lowest BCUT2D eigenvalue weighted by atomic mass is 9.88. The second-order valence-corrected chi connectivity index (χ2v) is 9.07. The molecule has 1 rings (SSSR count). The van der Waals surface area contributed by atoms with Gasteiger partial charge >= 0.3 is 0 Å². The van der Waals surface area contributed by atoms with Crippen LogP contribution < -0.4 is 10.2 Å². The van der Waals surface area contributed by atoms with Gasteiger partial charge in [0.25, 0.3) is 0 Å². The van der Waals surface area contributed by atoms with E-state index in [0.717, 1.165) is 63.9 Å². The van der Waals surface area contributed by atoms with Crippen LogP contribution in [0.4, 0.5) is 0 Å². The van der Waals surface area contributed by atoms with E-state index in [1.54, 1.807) is 0 Å². The number of benzene rings is 1. The maximum absolute atomic E-state index is 13.0. The quantitative estimate of drug-likeness (QED) is 0.193. The molecule has 0 radical (unpaired) electrons. The van der Waals surface area contributed by atoms with Gasteiger partial charge in [-0.3, -0.25) is 9.59 Å². The van der Waals surface area contributed by atoms with Gasteiger partial charge in [-0.25, -0.2) is 0 Å². The predicted molar refractivity (Wildman–Crippen MR) is 129 cm³/mol. The van der Waals surface area contributed by atoms with Crippen LogP contribution in [0.25, 0.3) is 0 Å². The average molecular weight is 473 g/mol. The van der Waals surface area contributed by atoms with Crippen LogP contribution in [0.15, 0.2) is 12.1 Å². The summed E-state index contributed by atoms with van der Waals surface area (Å²) in [7, 11) is 0. The molecule has 34 heavy (non-hydrogen) atoms. The first-order valence-corrected chi connectivity index (χ1v) is 13.0. The molecule has 0 saturated heterocycles. The van der Waals surface area contributed by atoms with Crippen molar-refractivity contribution >= 4 is 23.5 Å². The Morgan fingerprint density at radius 1 is 0.529 bits per heavy atom. The lowest BCUT2D eigenvalue weighted by Gasteiger charge is -2.19. The molecular formula is C28H40O6-2. The highest BCUT2D eigenvalue weighted by atomic mass is 16.4. The number of hydrogen-bond donors (Lipinski definition) is 0. The van der Waals surface area contributed by atoms with Gasteiger partial charge in [0.05, 0.1) is 11.9 Å². The van der Waals surface area contributed by atoms with Crippen molar-refractivity contribution in [3.8, 4) is 0 Å². The van der Waals surface area contributed by atoms with Gasteiger partial charge in [-0.1, -0.05) is 97.0 Å². The normalized spacial score (nSPS) is 10.9. The van der Waals surface area contributed by atoms with Gasteiger partial charge in [0, 0.05) is 35.1 Å². The minimum Gasteiger partial charge on any atom is -0.545 e. The van der Waals surface area contributed by atoms with Gasteiger partial charge in [0.2, 0.25) is 0 Å². The fourth-order valence-corrected chi connectivity index (χ4v) is 4.25. The Kier molecular flexibility index (Phi) is 14.8. The van der Waals surface area contributed by atoms with Crippen molar-refractivity contribution in [3.05, 3.63) is 34.4 Å². The van der Waals surface area contributed by atoms with Crippen LogP contribution in [0.5, 0.6) is 0 Å². The third-order valence-electron chi connectivity index (χ3n) is 6.22. The summed E-state index contributed by atoms with van der Waals surface area (Å²) in [5, 5.41) is 23.3. The molecule has 190 valence electrons. The van der Waals surface area contributed by atoms with Crippen LogP contribution >= 0.6 is 0 Å². The van der Waals surface area contributed by atoms with Crippen LogP contribution in [0.1, 0.15) is 158 Å². The van der Waals surface area contributed by atoms with E-state index in [1.165, 1.54) is 25.3 Å². The largest absolute Gasteiger partial charge is 0.545 e. The number of aromatic carboxylic acids is 2. The summed E-state index contributed by atoms with van der Waals surface area (Å²) >= 11 is 0. The molecule has 6 nitrogen and oxygen atoms in total. The molecule has 1 aromatic carbocycles. The molecule has 0 amide bonds. The molecule has 0 aromatic heterocycles. The van der Waals surface area contributed by atoms with E-state index in [4.69, 9.17) is 0 Å². The number of carbonyl (C=O) groups is 4. The highest BCUT2D eigenvalue weighted by Gasteiger charge is 2.24. The Morgan fingerprint density at radius 2 is 0.941 bits per heavy atom. The maximum atomic E-state index is 13.0. The summed E-state index contributed by atoms with van der Waals surface area (Å²) in [6, 6.07) is 2.28. The first kappa shape index (κ1) is 29.5. The topological polar surface area (TPSA) is 114 Å². The molecule has 1 aromatic rings. The first-order valence-electron chi connectivity index (χ1n) is 13.0. The lowest BCUT2D eigenvalue weighted by molar-refractivity contribution is -0.259. The molecule has 0 N–H and O–H groups in total. The molecule has 0 aliphatic carbocycles. The third-order valence-corrected chi connectivity index (χ3v) is 6.22. The van der Waals surface area contributed by atoms with E-state index in [1.807, 2.05) is 0 Å². The lowest BCUT2D eigenvalue weighted by Crippen LogP contribution is -2.33. The van der Waals surface area contributed by atoms with Crippen molar-refractivity contribution < 1.29 is 29.4 Å². The zero-order chi connectivity index (χ0) is 25.3. The molecule has 0 aliphatic rings. The zero-order valence-corrected chi connectivity index (χ0v) is 20.9. The Bertz CT molecular complexity index is 811. The molecule has 0 unspecified atom stereocenters. The Balaban J connectivity index is 2.94. The zero-order valence-electron chi connectivity index (χ0n) is 20.9.